The summed E-state index contributed by atoms with van der Waals surface area (Å²) in [5.41, 5.74) is -0.349. The Morgan fingerprint density at radius 1 is 1.38 bits per heavy atom. The second-order valence-electron chi connectivity index (χ2n) is 4.79. The molecule has 1 aliphatic rings. The van der Waals surface area contributed by atoms with Crippen LogP contribution in [0, 0.1) is 5.92 Å². The van der Waals surface area contributed by atoms with E-state index in [0.29, 0.717) is 0 Å². The van der Waals surface area contributed by atoms with Gasteiger partial charge in [0.15, 0.2) is 0 Å². The molecule has 0 unspecified atom stereocenters. The van der Waals surface area contributed by atoms with Crippen LogP contribution in [0.3, 0.4) is 0 Å². The minimum absolute atomic E-state index is 0.349. The largest absolute Gasteiger partial charge is 0.389 e. The summed E-state index contributed by atoms with van der Waals surface area (Å²) in [6.07, 6.45) is 5.69. The minimum atomic E-state index is -0.349. The standard InChI is InChI=1S/C11H23NO/c1-10(2)5-3-8-12-9-11(13)6-4-7-11/h10,12-13H,3-9H2,1-2H3. The van der Waals surface area contributed by atoms with Crippen molar-refractivity contribution in [2.45, 2.75) is 51.6 Å². The fourth-order valence-corrected chi connectivity index (χ4v) is 1.72. The van der Waals surface area contributed by atoms with Crippen molar-refractivity contribution in [3.8, 4) is 0 Å². The van der Waals surface area contributed by atoms with Gasteiger partial charge < -0.3 is 10.4 Å². The second kappa shape index (κ2) is 4.97. The molecule has 78 valence electrons. The van der Waals surface area contributed by atoms with Crippen LogP contribution in [-0.4, -0.2) is 23.8 Å². The van der Waals surface area contributed by atoms with Gasteiger partial charge in [-0.25, -0.2) is 0 Å². The Hall–Kier alpha value is -0.0800. The zero-order valence-electron chi connectivity index (χ0n) is 8.97. The van der Waals surface area contributed by atoms with Crippen LogP contribution in [-0.2, 0) is 0 Å². The monoisotopic (exact) mass is 185 g/mol. The lowest BCUT2D eigenvalue weighted by Crippen LogP contribution is -2.46. The molecule has 13 heavy (non-hydrogen) atoms. The molecule has 0 atom stereocenters. The van der Waals surface area contributed by atoms with Gasteiger partial charge >= 0.3 is 0 Å². The third-order valence-corrected chi connectivity index (χ3v) is 2.87. The lowest BCUT2D eigenvalue weighted by molar-refractivity contribution is -0.0311. The Kier molecular flexibility index (Phi) is 4.20. The third kappa shape index (κ3) is 4.10. The molecule has 1 saturated carbocycles. The fourth-order valence-electron chi connectivity index (χ4n) is 1.72. The molecule has 0 aromatic rings. The predicted molar refractivity (Wildman–Crippen MR) is 55.7 cm³/mol. The summed E-state index contributed by atoms with van der Waals surface area (Å²) in [5, 5.41) is 13.1. The van der Waals surface area contributed by atoms with Crippen molar-refractivity contribution in [3.05, 3.63) is 0 Å². The summed E-state index contributed by atoms with van der Waals surface area (Å²) in [6.45, 7) is 6.35. The Labute approximate surface area is 81.7 Å². The molecular formula is C11H23NO. The predicted octanol–water partition coefficient (Wildman–Crippen LogP) is 1.93. The Morgan fingerprint density at radius 3 is 2.54 bits per heavy atom. The van der Waals surface area contributed by atoms with Crippen molar-refractivity contribution >= 4 is 0 Å². The molecule has 1 fully saturated rings. The van der Waals surface area contributed by atoms with Gasteiger partial charge in [0.25, 0.3) is 0 Å². The van der Waals surface area contributed by atoms with Crippen LogP contribution in [0.15, 0.2) is 0 Å². The molecule has 0 aliphatic heterocycles. The van der Waals surface area contributed by atoms with Crippen molar-refractivity contribution in [1.82, 2.24) is 5.32 Å². The van der Waals surface area contributed by atoms with Crippen LogP contribution in [0.4, 0.5) is 0 Å². The van der Waals surface area contributed by atoms with E-state index in [9.17, 15) is 5.11 Å². The molecule has 0 radical (unpaired) electrons. The third-order valence-electron chi connectivity index (χ3n) is 2.87. The molecule has 0 aromatic heterocycles. The van der Waals surface area contributed by atoms with Gasteiger partial charge in [-0.05, 0) is 44.6 Å². The fraction of sp³-hybridized carbons (Fsp3) is 1.00. The van der Waals surface area contributed by atoms with E-state index in [4.69, 9.17) is 0 Å². The highest BCUT2D eigenvalue weighted by Crippen LogP contribution is 2.30. The number of hydrogen-bond acceptors (Lipinski definition) is 2. The summed E-state index contributed by atoms with van der Waals surface area (Å²) >= 11 is 0. The lowest BCUT2D eigenvalue weighted by atomic mass is 9.80. The van der Waals surface area contributed by atoms with Gasteiger partial charge in [-0.3, -0.25) is 0 Å². The van der Waals surface area contributed by atoms with Gasteiger partial charge in [0.05, 0.1) is 5.60 Å². The van der Waals surface area contributed by atoms with Crippen LogP contribution in [0.5, 0.6) is 0 Å². The minimum Gasteiger partial charge on any atom is -0.389 e. The zero-order chi connectivity index (χ0) is 9.73. The molecule has 0 heterocycles. The lowest BCUT2D eigenvalue weighted by Gasteiger charge is -2.36. The molecule has 1 rings (SSSR count). The molecule has 0 saturated heterocycles. The van der Waals surface area contributed by atoms with E-state index in [1.54, 1.807) is 0 Å². The Morgan fingerprint density at radius 2 is 2.08 bits per heavy atom. The van der Waals surface area contributed by atoms with Gasteiger partial charge in [0.1, 0.15) is 0 Å². The summed E-state index contributed by atoms with van der Waals surface area (Å²) in [6, 6.07) is 0. The summed E-state index contributed by atoms with van der Waals surface area (Å²) in [5.74, 6) is 0.800. The molecular weight excluding hydrogens is 162 g/mol. The summed E-state index contributed by atoms with van der Waals surface area (Å²) in [7, 11) is 0. The average molecular weight is 185 g/mol. The van der Waals surface area contributed by atoms with Gasteiger partial charge in [-0.1, -0.05) is 13.8 Å². The van der Waals surface area contributed by atoms with E-state index in [1.807, 2.05) is 0 Å². The smallest absolute Gasteiger partial charge is 0.0771 e. The van der Waals surface area contributed by atoms with Gasteiger partial charge in [-0.15, -0.1) is 0 Å². The van der Waals surface area contributed by atoms with Crippen molar-refractivity contribution < 1.29 is 5.11 Å². The van der Waals surface area contributed by atoms with E-state index in [0.717, 1.165) is 31.8 Å². The number of nitrogens with one attached hydrogen (secondary N) is 1. The topological polar surface area (TPSA) is 32.3 Å². The highest BCUT2D eigenvalue weighted by Gasteiger charge is 2.33. The number of rotatable bonds is 6. The van der Waals surface area contributed by atoms with Crippen LogP contribution >= 0.6 is 0 Å². The molecule has 0 aromatic carbocycles. The normalized spacial score (nSPS) is 20.3. The maximum atomic E-state index is 9.76. The first-order valence-electron chi connectivity index (χ1n) is 5.55. The molecule has 1 aliphatic carbocycles. The molecule has 0 spiro atoms. The van der Waals surface area contributed by atoms with Crippen LogP contribution in [0.1, 0.15) is 46.0 Å². The number of aliphatic hydroxyl groups is 1. The van der Waals surface area contributed by atoms with E-state index in [2.05, 4.69) is 19.2 Å². The average Bonchev–Trinajstić information content (AvgIpc) is 2.00. The van der Waals surface area contributed by atoms with Crippen molar-refractivity contribution in [3.63, 3.8) is 0 Å². The van der Waals surface area contributed by atoms with Crippen LogP contribution < -0.4 is 5.32 Å². The Bertz CT molecular complexity index is 141. The van der Waals surface area contributed by atoms with Crippen molar-refractivity contribution in [2.75, 3.05) is 13.1 Å². The zero-order valence-corrected chi connectivity index (χ0v) is 8.97. The van der Waals surface area contributed by atoms with E-state index >= 15 is 0 Å². The highest BCUT2D eigenvalue weighted by molar-refractivity contribution is 4.89. The van der Waals surface area contributed by atoms with E-state index in [1.165, 1.54) is 19.3 Å². The molecule has 2 nitrogen and oxygen atoms in total. The van der Waals surface area contributed by atoms with Gasteiger partial charge in [-0.2, -0.15) is 0 Å². The summed E-state index contributed by atoms with van der Waals surface area (Å²) in [4.78, 5) is 0. The van der Waals surface area contributed by atoms with E-state index in [-0.39, 0.29) is 5.60 Å². The quantitative estimate of drug-likeness (QED) is 0.620. The maximum absolute atomic E-state index is 9.76. The van der Waals surface area contributed by atoms with Gasteiger partial charge in [0.2, 0.25) is 0 Å². The molecule has 2 heteroatoms. The second-order valence-corrected chi connectivity index (χ2v) is 4.79. The number of hydrogen-bond donors (Lipinski definition) is 2. The molecule has 0 amide bonds. The maximum Gasteiger partial charge on any atom is 0.0771 e. The first-order valence-corrected chi connectivity index (χ1v) is 5.55. The van der Waals surface area contributed by atoms with Crippen molar-refractivity contribution in [2.24, 2.45) is 5.92 Å². The molecule has 0 bridgehead atoms. The van der Waals surface area contributed by atoms with Crippen LogP contribution in [0.25, 0.3) is 0 Å². The first-order chi connectivity index (χ1) is 6.12. The molecule has 2 N–H and O–H groups in total. The van der Waals surface area contributed by atoms with Crippen molar-refractivity contribution in [1.29, 1.82) is 0 Å². The van der Waals surface area contributed by atoms with E-state index < -0.39 is 0 Å². The van der Waals surface area contributed by atoms with Crippen LogP contribution in [0.2, 0.25) is 0 Å². The first kappa shape index (κ1) is 11.0. The SMILES string of the molecule is CC(C)CCCNCC1(O)CCC1. The summed E-state index contributed by atoms with van der Waals surface area (Å²) < 4.78 is 0. The Balaban J connectivity index is 1.89. The van der Waals surface area contributed by atoms with Gasteiger partial charge in [0, 0.05) is 6.54 Å². The highest BCUT2D eigenvalue weighted by atomic mass is 16.3.